The van der Waals surface area contributed by atoms with E-state index in [1.54, 1.807) is 6.92 Å². The first-order chi connectivity index (χ1) is 15.1. The molecular weight excluding hydrogens is 380 g/mol. The Kier molecular flexibility index (Phi) is 11.2. The minimum atomic E-state index is -0.0974. The van der Waals surface area contributed by atoms with Crippen LogP contribution in [0.1, 0.15) is 142 Å². The normalized spacial score (nSPS) is 34.4. The summed E-state index contributed by atoms with van der Waals surface area (Å²) in [7, 11) is 0. The van der Waals surface area contributed by atoms with E-state index >= 15 is 0 Å². The SMILES string of the molecule is CCCCCCC[C@H]1CC[C@H](CC[C@H]2CC[C@H]([C@H]3CC[C@H](OC(C)=O)CC3)CC2)CC1. The van der Waals surface area contributed by atoms with Gasteiger partial charge < -0.3 is 4.74 Å². The van der Waals surface area contributed by atoms with E-state index in [-0.39, 0.29) is 12.1 Å². The predicted molar refractivity (Wildman–Crippen MR) is 131 cm³/mol. The van der Waals surface area contributed by atoms with Crippen molar-refractivity contribution in [3.8, 4) is 0 Å². The molecular formula is C29H52O2. The summed E-state index contributed by atoms with van der Waals surface area (Å²) >= 11 is 0. The van der Waals surface area contributed by atoms with Crippen LogP contribution < -0.4 is 0 Å². The quantitative estimate of drug-likeness (QED) is 0.241. The molecule has 0 bridgehead atoms. The Labute approximate surface area is 193 Å². The van der Waals surface area contributed by atoms with Gasteiger partial charge in [0.2, 0.25) is 0 Å². The molecule has 3 saturated carbocycles. The summed E-state index contributed by atoms with van der Waals surface area (Å²) < 4.78 is 5.43. The molecule has 0 atom stereocenters. The molecule has 31 heavy (non-hydrogen) atoms. The van der Waals surface area contributed by atoms with Gasteiger partial charge in [-0.1, -0.05) is 96.8 Å². The van der Waals surface area contributed by atoms with Crippen LogP contribution in [0.4, 0.5) is 0 Å². The molecule has 0 heterocycles. The van der Waals surface area contributed by atoms with E-state index in [1.165, 1.54) is 116 Å². The van der Waals surface area contributed by atoms with E-state index in [0.29, 0.717) is 0 Å². The Morgan fingerprint density at radius 1 is 0.613 bits per heavy atom. The molecule has 0 aliphatic heterocycles. The molecule has 2 nitrogen and oxygen atoms in total. The third-order valence-corrected chi connectivity index (χ3v) is 9.27. The standard InChI is InChI=1S/C29H52O2/c1-3-4-5-6-7-8-24-9-11-25(12-10-24)13-14-26-15-17-27(18-16-26)28-19-21-29(22-20-28)31-23(2)30/h24-29H,3-22H2,1-2H3/t24-,25-,26-,27-,28-,29-. The largest absolute Gasteiger partial charge is 0.463 e. The minimum Gasteiger partial charge on any atom is -0.463 e. The smallest absolute Gasteiger partial charge is 0.302 e. The Morgan fingerprint density at radius 2 is 1.06 bits per heavy atom. The Balaban J connectivity index is 1.22. The number of rotatable bonds is 11. The highest BCUT2D eigenvalue weighted by Gasteiger charge is 2.32. The van der Waals surface area contributed by atoms with Crippen LogP contribution in [0.2, 0.25) is 0 Å². The lowest BCUT2D eigenvalue weighted by atomic mass is 9.69. The third kappa shape index (κ3) is 9.09. The van der Waals surface area contributed by atoms with Crippen molar-refractivity contribution in [3.05, 3.63) is 0 Å². The first-order valence-electron chi connectivity index (χ1n) is 14.3. The number of esters is 1. The fourth-order valence-corrected chi connectivity index (χ4v) is 7.18. The van der Waals surface area contributed by atoms with Gasteiger partial charge >= 0.3 is 5.97 Å². The van der Waals surface area contributed by atoms with Gasteiger partial charge in [-0.15, -0.1) is 0 Å². The number of ether oxygens (including phenoxy) is 1. The first kappa shape index (κ1) is 25.1. The van der Waals surface area contributed by atoms with E-state index in [0.717, 1.165) is 42.4 Å². The highest BCUT2D eigenvalue weighted by atomic mass is 16.5. The molecule has 0 spiro atoms. The molecule has 0 aromatic carbocycles. The van der Waals surface area contributed by atoms with Gasteiger partial charge in [-0.3, -0.25) is 4.79 Å². The van der Waals surface area contributed by atoms with Crippen molar-refractivity contribution < 1.29 is 9.53 Å². The molecule has 2 heteroatoms. The van der Waals surface area contributed by atoms with Gasteiger partial charge in [0.15, 0.2) is 0 Å². The maximum atomic E-state index is 11.2. The molecule has 180 valence electrons. The topological polar surface area (TPSA) is 26.3 Å². The zero-order valence-electron chi connectivity index (χ0n) is 20.9. The molecule has 0 unspecified atom stereocenters. The molecule has 3 aliphatic rings. The van der Waals surface area contributed by atoms with E-state index in [4.69, 9.17) is 4.74 Å². The maximum absolute atomic E-state index is 11.2. The van der Waals surface area contributed by atoms with Gasteiger partial charge in [0.1, 0.15) is 6.10 Å². The van der Waals surface area contributed by atoms with Crippen molar-refractivity contribution in [1.29, 1.82) is 0 Å². The molecule has 3 aliphatic carbocycles. The molecule has 0 aromatic rings. The second-order valence-electron chi connectivity index (χ2n) is 11.6. The van der Waals surface area contributed by atoms with Crippen LogP contribution in [0.25, 0.3) is 0 Å². The average Bonchev–Trinajstić information content (AvgIpc) is 2.79. The molecule has 0 amide bonds. The van der Waals surface area contributed by atoms with Gasteiger partial charge in [-0.25, -0.2) is 0 Å². The lowest BCUT2D eigenvalue weighted by molar-refractivity contribution is -0.148. The number of unbranched alkanes of at least 4 members (excludes halogenated alkanes) is 4. The Bertz CT molecular complexity index is 477. The van der Waals surface area contributed by atoms with Crippen LogP contribution in [0.15, 0.2) is 0 Å². The van der Waals surface area contributed by atoms with Crippen molar-refractivity contribution in [3.63, 3.8) is 0 Å². The monoisotopic (exact) mass is 432 g/mol. The fraction of sp³-hybridized carbons (Fsp3) is 0.966. The van der Waals surface area contributed by atoms with Crippen molar-refractivity contribution in [2.24, 2.45) is 29.6 Å². The van der Waals surface area contributed by atoms with Crippen molar-refractivity contribution >= 4 is 5.97 Å². The zero-order valence-corrected chi connectivity index (χ0v) is 20.9. The molecule has 3 rings (SSSR count). The molecule has 0 aromatic heterocycles. The lowest BCUT2D eigenvalue weighted by Crippen LogP contribution is -2.29. The number of hydrogen-bond donors (Lipinski definition) is 0. The van der Waals surface area contributed by atoms with E-state index in [2.05, 4.69) is 6.92 Å². The van der Waals surface area contributed by atoms with Gasteiger partial charge in [0, 0.05) is 6.92 Å². The highest BCUT2D eigenvalue weighted by molar-refractivity contribution is 5.66. The average molecular weight is 433 g/mol. The third-order valence-electron chi connectivity index (χ3n) is 9.27. The van der Waals surface area contributed by atoms with Gasteiger partial charge in [-0.05, 0) is 68.1 Å². The summed E-state index contributed by atoms with van der Waals surface area (Å²) in [6.07, 6.45) is 28.8. The minimum absolute atomic E-state index is 0.0974. The summed E-state index contributed by atoms with van der Waals surface area (Å²) in [5, 5.41) is 0. The van der Waals surface area contributed by atoms with Crippen molar-refractivity contribution in [1.82, 2.24) is 0 Å². The molecule has 0 saturated heterocycles. The van der Waals surface area contributed by atoms with Gasteiger partial charge in [0.05, 0.1) is 0 Å². The van der Waals surface area contributed by atoms with Crippen LogP contribution in [-0.4, -0.2) is 12.1 Å². The second-order valence-corrected chi connectivity index (χ2v) is 11.6. The van der Waals surface area contributed by atoms with E-state index < -0.39 is 0 Å². The summed E-state index contributed by atoms with van der Waals surface area (Å²) in [6, 6.07) is 0. The van der Waals surface area contributed by atoms with Crippen molar-refractivity contribution in [2.75, 3.05) is 0 Å². The summed E-state index contributed by atoms with van der Waals surface area (Å²) in [6.45, 7) is 3.86. The predicted octanol–water partition coefficient (Wildman–Crippen LogP) is 8.86. The first-order valence-corrected chi connectivity index (χ1v) is 14.3. The van der Waals surface area contributed by atoms with Crippen molar-refractivity contribution in [2.45, 2.75) is 148 Å². The number of carbonyl (C=O) groups is 1. The molecule has 0 N–H and O–H groups in total. The lowest BCUT2D eigenvalue weighted by Gasteiger charge is -2.38. The second kappa shape index (κ2) is 13.9. The highest BCUT2D eigenvalue weighted by Crippen LogP contribution is 2.42. The number of carbonyl (C=O) groups excluding carboxylic acids is 1. The Morgan fingerprint density at radius 3 is 1.58 bits per heavy atom. The van der Waals surface area contributed by atoms with Crippen LogP contribution in [0.5, 0.6) is 0 Å². The number of hydrogen-bond acceptors (Lipinski definition) is 2. The van der Waals surface area contributed by atoms with Crippen LogP contribution in [-0.2, 0) is 9.53 Å². The summed E-state index contributed by atoms with van der Waals surface area (Å²) in [4.78, 5) is 11.2. The fourth-order valence-electron chi connectivity index (χ4n) is 7.18. The van der Waals surface area contributed by atoms with Gasteiger partial charge in [0.25, 0.3) is 0 Å². The maximum Gasteiger partial charge on any atom is 0.302 e. The molecule has 3 fully saturated rings. The summed E-state index contributed by atoms with van der Waals surface area (Å²) in [5.41, 5.74) is 0. The van der Waals surface area contributed by atoms with Gasteiger partial charge in [-0.2, -0.15) is 0 Å². The zero-order chi connectivity index (χ0) is 21.9. The van der Waals surface area contributed by atoms with E-state index in [9.17, 15) is 4.79 Å². The Hall–Kier alpha value is -0.530. The van der Waals surface area contributed by atoms with Crippen LogP contribution >= 0.6 is 0 Å². The van der Waals surface area contributed by atoms with Crippen LogP contribution in [0, 0.1) is 29.6 Å². The molecule has 0 radical (unpaired) electrons. The summed E-state index contributed by atoms with van der Waals surface area (Å²) in [5.74, 6) is 4.90. The van der Waals surface area contributed by atoms with Crippen LogP contribution in [0.3, 0.4) is 0 Å². The van der Waals surface area contributed by atoms with E-state index in [1.807, 2.05) is 0 Å².